The molecule has 0 spiro atoms. The van der Waals surface area contributed by atoms with Crippen molar-refractivity contribution in [2.24, 2.45) is 0 Å². The molecule has 1 aliphatic rings. The van der Waals surface area contributed by atoms with Gasteiger partial charge >= 0.3 is 0 Å². The zero-order chi connectivity index (χ0) is 50.1. The van der Waals surface area contributed by atoms with Gasteiger partial charge in [0.25, 0.3) is 0 Å². The van der Waals surface area contributed by atoms with Crippen LogP contribution in [-0.4, -0.2) is 87.5 Å². The Balaban J connectivity index is 2.21. The summed E-state index contributed by atoms with van der Waals surface area (Å²) < 4.78 is 11.3. The molecule has 1 amide bonds. The van der Waals surface area contributed by atoms with E-state index in [-0.39, 0.29) is 12.5 Å². The van der Waals surface area contributed by atoms with Crippen LogP contribution in [0.2, 0.25) is 0 Å². The fraction of sp³-hybridized carbons (Fsp3) is 0.917. The molecule has 9 heteroatoms. The maximum Gasteiger partial charge on any atom is 0.220 e. The molecule has 1 fully saturated rings. The first-order chi connectivity index (χ1) is 33.8. The van der Waals surface area contributed by atoms with Crippen molar-refractivity contribution in [2.45, 2.75) is 339 Å². The maximum atomic E-state index is 13.1. The predicted octanol–water partition coefficient (Wildman–Crippen LogP) is 15.0. The van der Waals surface area contributed by atoms with E-state index in [0.29, 0.717) is 6.42 Å². The molecule has 408 valence electrons. The molecule has 7 atom stereocenters. The van der Waals surface area contributed by atoms with Crippen LogP contribution in [-0.2, 0) is 14.3 Å². The molecule has 0 aromatic carbocycles. The van der Waals surface area contributed by atoms with Gasteiger partial charge in [-0.3, -0.25) is 4.79 Å². The summed E-state index contributed by atoms with van der Waals surface area (Å²) in [5, 5.41) is 54.5. The van der Waals surface area contributed by atoms with Crippen molar-refractivity contribution < 1.29 is 39.8 Å². The molecule has 0 aromatic heterocycles. The number of ether oxygens (including phenoxy) is 2. The molecule has 1 rings (SSSR count). The third-order valence-electron chi connectivity index (χ3n) is 14.5. The number of nitrogens with one attached hydrogen (secondary N) is 1. The van der Waals surface area contributed by atoms with Crippen LogP contribution in [0, 0.1) is 0 Å². The quantitative estimate of drug-likeness (QED) is 0.0261. The molecule has 6 N–H and O–H groups in total. The van der Waals surface area contributed by atoms with Crippen LogP contribution in [0.15, 0.2) is 24.3 Å². The van der Waals surface area contributed by atoms with Gasteiger partial charge in [-0.1, -0.05) is 282 Å². The van der Waals surface area contributed by atoms with Crippen molar-refractivity contribution >= 4 is 5.91 Å². The van der Waals surface area contributed by atoms with Crippen LogP contribution in [0.5, 0.6) is 0 Å². The van der Waals surface area contributed by atoms with E-state index in [1.165, 1.54) is 238 Å². The largest absolute Gasteiger partial charge is 0.394 e. The summed E-state index contributed by atoms with van der Waals surface area (Å²) in [5.41, 5.74) is 0. The Morgan fingerprint density at radius 2 is 0.826 bits per heavy atom. The van der Waals surface area contributed by atoms with E-state index < -0.39 is 49.5 Å². The lowest BCUT2D eigenvalue weighted by atomic mass is 9.99. The first-order valence-electron chi connectivity index (χ1n) is 30.1. The van der Waals surface area contributed by atoms with Crippen molar-refractivity contribution in [1.82, 2.24) is 5.32 Å². The van der Waals surface area contributed by atoms with E-state index >= 15 is 0 Å². The second kappa shape index (κ2) is 50.2. The van der Waals surface area contributed by atoms with E-state index in [2.05, 4.69) is 31.3 Å². The van der Waals surface area contributed by atoms with E-state index in [0.717, 1.165) is 38.5 Å². The Labute approximate surface area is 426 Å². The van der Waals surface area contributed by atoms with Crippen LogP contribution in [0.25, 0.3) is 0 Å². The standard InChI is InChI=1S/C60H115NO8/c1-3-5-7-9-11-13-15-17-19-21-23-25-26-27-28-30-32-34-36-38-40-42-44-46-48-50-56(64)61-53(52-68-60-59(67)58(66)57(65)55(51-62)69-60)54(63)49-47-45-43-41-39-37-35-33-31-29-24-22-20-18-16-14-12-10-8-6-4-2/h39,41,47,49,53-55,57-60,62-63,65-67H,3-38,40,42-46,48,50-52H2,1-2H3,(H,61,64)/b41-39+,49-47+. The number of aliphatic hydroxyl groups is 5. The summed E-state index contributed by atoms with van der Waals surface area (Å²) in [5.74, 6) is -0.180. The Morgan fingerprint density at radius 3 is 1.22 bits per heavy atom. The average Bonchev–Trinajstić information content (AvgIpc) is 3.35. The van der Waals surface area contributed by atoms with Crippen molar-refractivity contribution in [3.63, 3.8) is 0 Å². The normalized spacial score (nSPS) is 19.6. The Morgan fingerprint density at radius 1 is 0.478 bits per heavy atom. The number of carbonyl (C=O) groups excluding carboxylic acids is 1. The number of carbonyl (C=O) groups is 1. The van der Waals surface area contributed by atoms with E-state index in [9.17, 15) is 30.3 Å². The summed E-state index contributed by atoms with van der Waals surface area (Å²) in [6.07, 6.45) is 56.8. The molecule has 69 heavy (non-hydrogen) atoms. The fourth-order valence-electron chi connectivity index (χ4n) is 9.76. The molecule has 0 bridgehead atoms. The van der Waals surface area contributed by atoms with Gasteiger partial charge in [0.2, 0.25) is 5.91 Å². The lowest BCUT2D eigenvalue weighted by Crippen LogP contribution is -2.60. The molecule has 9 nitrogen and oxygen atoms in total. The number of amides is 1. The molecule has 0 saturated carbocycles. The highest BCUT2D eigenvalue weighted by molar-refractivity contribution is 5.76. The van der Waals surface area contributed by atoms with Crippen LogP contribution in [0.1, 0.15) is 296 Å². The molecule has 7 unspecified atom stereocenters. The SMILES string of the molecule is CCCCCCCCCCCCCCCCC/C=C/CC/C=C/C(O)C(COC1OC(CO)C(O)C(O)C1O)NC(=O)CCCCCCCCCCCCCCCCCCCCCCCCCCC. The molecular weight excluding hydrogens is 863 g/mol. The van der Waals surface area contributed by atoms with Crippen molar-refractivity contribution in [2.75, 3.05) is 13.2 Å². The Bertz CT molecular complexity index is 1130. The van der Waals surface area contributed by atoms with E-state index in [1.807, 2.05) is 6.08 Å². The van der Waals surface area contributed by atoms with Crippen LogP contribution >= 0.6 is 0 Å². The zero-order valence-electron chi connectivity index (χ0n) is 45.3. The lowest BCUT2D eigenvalue weighted by molar-refractivity contribution is -0.302. The minimum absolute atomic E-state index is 0.180. The van der Waals surface area contributed by atoms with Gasteiger partial charge in [-0.25, -0.2) is 0 Å². The maximum absolute atomic E-state index is 13.1. The van der Waals surface area contributed by atoms with Crippen LogP contribution in [0.4, 0.5) is 0 Å². The number of allylic oxidation sites excluding steroid dienone is 3. The topological polar surface area (TPSA) is 149 Å². The van der Waals surface area contributed by atoms with E-state index in [1.54, 1.807) is 6.08 Å². The highest BCUT2D eigenvalue weighted by Crippen LogP contribution is 2.23. The van der Waals surface area contributed by atoms with Gasteiger partial charge in [-0.2, -0.15) is 0 Å². The summed E-state index contributed by atoms with van der Waals surface area (Å²) in [6.45, 7) is 3.81. The first kappa shape index (κ1) is 65.7. The van der Waals surface area contributed by atoms with Gasteiger partial charge in [0.05, 0.1) is 25.4 Å². The third kappa shape index (κ3) is 39.8. The first-order valence-corrected chi connectivity index (χ1v) is 30.1. The average molecular weight is 979 g/mol. The van der Waals surface area contributed by atoms with Gasteiger partial charge in [0.15, 0.2) is 6.29 Å². The molecule has 1 heterocycles. The van der Waals surface area contributed by atoms with Crippen molar-refractivity contribution in [3.8, 4) is 0 Å². The van der Waals surface area contributed by atoms with Crippen LogP contribution < -0.4 is 5.32 Å². The second-order valence-electron chi connectivity index (χ2n) is 21.1. The molecule has 0 aromatic rings. The molecule has 1 aliphatic heterocycles. The smallest absolute Gasteiger partial charge is 0.220 e. The van der Waals surface area contributed by atoms with Gasteiger partial charge < -0.3 is 40.3 Å². The Kier molecular flexibility index (Phi) is 47.8. The number of unbranched alkanes of at least 4 members (excludes halogenated alkanes) is 40. The number of hydrogen-bond donors (Lipinski definition) is 6. The predicted molar refractivity (Wildman–Crippen MR) is 290 cm³/mol. The summed E-state index contributed by atoms with van der Waals surface area (Å²) in [6, 6.07) is -0.819. The minimum atomic E-state index is -1.57. The lowest BCUT2D eigenvalue weighted by Gasteiger charge is -2.40. The molecule has 0 radical (unpaired) electrons. The fourth-order valence-corrected chi connectivity index (χ4v) is 9.76. The van der Waals surface area contributed by atoms with Gasteiger partial charge in [-0.05, 0) is 32.1 Å². The zero-order valence-corrected chi connectivity index (χ0v) is 45.3. The van der Waals surface area contributed by atoms with Gasteiger partial charge in [0, 0.05) is 6.42 Å². The Hall–Kier alpha value is -1.33. The molecule has 0 aliphatic carbocycles. The minimum Gasteiger partial charge on any atom is -0.394 e. The van der Waals surface area contributed by atoms with Crippen molar-refractivity contribution in [1.29, 1.82) is 0 Å². The van der Waals surface area contributed by atoms with Gasteiger partial charge in [0.1, 0.15) is 24.4 Å². The molecule has 1 saturated heterocycles. The number of aliphatic hydroxyl groups excluding tert-OH is 5. The van der Waals surface area contributed by atoms with Crippen LogP contribution in [0.3, 0.4) is 0 Å². The number of hydrogen-bond acceptors (Lipinski definition) is 8. The highest BCUT2D eigenvalue weighted by Gasteiger charge is 2.44. The molecular formula is C60H115NO8. The number of rotatable bonds is 52. The summed E-state index contributed by atoms with van der Waals surface area (Å²) in [4.78, 5) is 13.1. The monoisotopic (exact) mass is 978 g/mol. The third-order valence-corrected chi connectivity index (χ3v) is 14.5. The second-order valence-corrected chi connectivity index (χ2v) is 21.1. The summed E-state index contributed by atoms with van der Waals surface area (Å²) >= 11 is 0. The van der Waals surface area contributed by atoms with Gasteiger partial charge in [-0.15, -0.1) is 0 Å². The summed E-state index contributed by atoms with van der Waals surface area (Å²) in [7, 11) is 0. The van der Waals surface area contributed by atoms with E-state index in [4.69, 9.17) is 9.47 Å². The van der Waals surface area contributed by atoms with Crippen molar-refractivity contribution in [3.05, 3.63) is 24.3 Å². The highest BCUT2D eigenvalue weighted by atomic mass is 16.7.